The van der Waals surface area contributed by atoms with E-state index >= 15 is 0 Å². The minimum atomic E-state index is -0.344. The zero-order valence-corrected chi connectivity index (χ0v) is 15.0. The van der Waals surface area contributed by atoms with Gasteiger partial charge in [-0.3, -0.25) is 9.97 Å². The molecule has 1 unspecified atom stereocenters. The fourth-order valence-electron chi connectivity index (χ4n) is 2.83. The van der Waals surface area contributed by atoms with E-state index in [1.807, 2.05) is 18.5 Å². The molecule has 0 amide bonds. The number of aryl methyl sites for hydroxylation is 1. The summed E-state index contributed by atoms with van der Waals surface area (Å²) >= 11 is 1.27. The summed E-state index contributed by atoms with van der Waals surface area (Å²) in [5.74, 6) is 0.521. The summed E-state index contributed by atoms with van der Waals surface area (Å²) in [5, 5.41) is 3.25. The van der Waals surface area contributed by atoms with Crippen LogP contribution in [0, 0.1) is 6.92 Å². The number of rotatable bonds is 5. The molecule has 0 saturated heterocycles. The normalized spacial score (nSPS) is 19.4. The Labute approximate surface area is 150 Å². The molecule has 7 heteroatoms. The van der Waals surface area contributed by atoms with Gasteiger partial charge in [0.05, 0.1) is 23.9 Å². The van der Waals surface area contributed by atoms with Crippen molar-refractivity contribution in [3.63, 3.8) is 0 Å². The number of carbonyl (C=O) groups is 1. The quantitative estimate of drug-likeness (QED) is 0.658. The smallest absolute Gasteiger partial charge is 0.350 e. The van der Waals surface area contributed by atoms with Crippen LogP contribution in [0.1, 0.15) is 34.3 Å². The number of hydrogen-bond donors (Lipinski definition) is 1. The third kappa shape index (κ3) is 4.11. The lowest BCUT2D eigenvalue weighted by Crippen LogP contribution is -2.36. The number of aromatic nitrogens is 2. The minimum absolute atomic E-state index is 0.200. The summed E-state index contributed by atoms with van der Waals surface area (Å²) in [6.45, 7) is 5.01. The summed E-state index contributed by atoms with van der Waals surface area (Å²) in [7, 11) is 0. The Morgan fingerprint density at radius 3 is 3.12 bits per heavy atom. The summed E-state index contributed by atoms with van der Waals surface area (Å²) in [6, 6.07) is 4.01. The zero-order valence-electron chi connectivity index (χ0n) is 14.2. The molecule has 0 bridgehead atoms. The van der Waals surface area contributed by atoms with Crippen LogP contribution in [0.15, 0.2) is 47.3 Å². The number of nitrogens with zero attached hydrogens (tertiary/aromatic N) is 3. The summed E-state index contributed by atoms with van der Waals surface area (Å²) in [6.07, 6.45) is 7.95. The van der Waals surface area contributed by atoms with Crippen molar-refractivity contribution in [2.45, 2.75) is 25.7 Å². The van der Waals surface area contributed by atoms with Gasteiger partial charge in [0.2, 0.25) is 0 Å². The van der Waals surface area contributed by atoms with Crippen LogP contribution < -0.4 is 5.32 Å². The predicted molar refractivity (Wildman–Crippen MR) is 97.9 cm³/mol. The van der Waals surface area contributed by atoms with Gasteiger partial charge in [-0.15, -0.1) is 11.3 Å². The Bertz CT molecular complexity index is 801. The third-order valence-electron chi connectivity index (χ3n) is 4.06. The highest BCUT2D eigenvalue weighted by molar-refractivity contribution is 7.11. The summed E-state index contributed by atoms with van der Waals surface area (Å²) in [5.41, 5.74) is 3.62. The third-order valence-corrected chi connectivity index (χ3v) is 4.81. The van der Waals surface area contributed by atoms with E-state index in [0.29, 0.717) is 11.4 Å². The molecule has 0 radical (unpaired) electrons. The highest BCUT2D eigenvalue weighted by atomic mass is 32.1. The second-order valence-electron chi connectivity index (χ2n) is 6.08. The molecule has 2 aromatic rings. The maximum absolute atomic E-state index is 11.8. The van der Waals surface area contributed by atoms with E-state index in [-0.39, 0.29) is 18.0 Å². The standard InChI is InChI=1S/C18H20N4O2S/c1-13-4-3-6-22-16(13)18(2)5-7-20-15(10-18)21-8-9-24-17(23)14-11-19-12-25-14/h3-7,11-12H,8-10H2,1-2H3,(H,20,21). The molecule has 3 rings (SSSR count). The molecule has 0 aliphatic carbocycles. The number of nitrogens with one attached hydrogen (secondary N) is 1. The lowest BCUT2D eigenvalue weighted by molar-refractivity contribution is 0.0518. The SMILES string of the molecule is Cc1cccnc1C1(C)C=CN=C(NCCOC(=O)c2cncs2)C1. The summed E-state index contributed by atoms with van der Waals surface area (Å²) < 4.78 is 5.22. The van der Waals surface area contributed by atoms with Gasteiger partial charge in [-0.25, -0.2) is 9.79 Å². The molecule has 3 heterocycles. The number of allylic oxidation sites excluding steroid dienone is 1. The largest absolute Gasteiger partial charge is 0.460 e. The van der Waals surface area contributed by atoms with Crippen LogP contribution >= 0.6 is 11.3 Å². The Balaban J connectivity index is 1.52. The molecule has 1 aliphatic heterocycles. The monoisotopic (exact) mass is 356 g/mol. The number of esters is 1. The van der Waals surface area contributed by atoms with Gasteiger partial charge in [-0.2, -0.15) is 0 Å². The number of ether oxygens (including phenoxy) is 1. The molecule has 25 heavy (non-hydrogen) atoms. The van der Waals surface area contributed by atoms with Crippen molar-refractivity contribution in [1.29, 1.82) is 0 Å². The fraction of sp³-hybridized carbons (Fsp3) is 0.333. The molecular weight excluding hydrogens is 336 g/mol. The number of aliphatic imine (C=N–C) groups is 1. The van der Waals surface area contributed by atoms with Crippen molar-refractivity contribution in [3.8, 4) is 0 Å². The molecule has 0 fully saturated rings. The first-order valence-corrected chi connectivity index (χ1v) is 8.92. The number of pyridine rings is 1. The van der Waals surface area contributed by atoms with Crippen molar-refractivity contribution in [1.82, 2.24) is 15.3 Å². The van der Waals surface area contributed by atoms with Gasteiger partial charge >= 0.3 is 5.97 Å². The Morgan fingerprint density at radius 2 is 2.36 bits per heavy atom. The molecule has 0 saturated carbocycles. The van der Waals surface area contributed by atoms with E-state index in [9.17, 15) is 4.79 Å². The molecule has 1 N–H and O–H groups in total. The van der Waals surface area contributed by atoms with E-state index in [2.05, 4.69) is 46.3 Å². The van der Waals surface area contributed by atoms with Crippen molar-refractivity contribution in [2.24, 2.45) is 4.99 Å². The van der Waals surface area contributed by atoms with Crippen LogP contribution in [-0.2, 0) is 10.2 Å². The first-order chi connectivity index (χ1) is 12.1. The minimum Gasteiger partial charge on any atom is -0.460 e. The van der Waals surface area contributed by atoms with Gasteiger partial charge in [0.15, 0.2) is 0 Å². The molecule has 0 spiro atoms. The van der Waals surface area contributed by atoms with Crippen LogP contribution in [0.4, 0.5) is 0 Å². The van der Waals surface area contributed by atoms with Gasteiger partial charge < -0.3 is 10.1 Å². The number of amidine groups is 1. The highest BCUT2D eigenvalue weighted by Gasteiger charge is 2.30. The van der Waals surface area contributed by atoms with Crippen LogP contribution in [-0.4, -0.2) is 34.9 Å². The number of carbonyl (C=O) groups excluding carboxylic acids is 1. The summed E-state index contributed by atoms with van der Waals surface area (Å²) in [4.78, 5) is 25.1. The average Bonchev–Trinajstić information content (AvgIpc) is 3.14. The molecule has 2 aromatic heterocycles. The van der Waals surface area contributed by atoms with Gasteiger partial charge in [-0.1, -0.05) is 12.1 Å². The maximum Gasteiger partial charge on any atom is 0.350 e. The number of thiazole rings is 1. The highest BCUT2D eigenvalue weighted by Crippen LogP contribution is 2.32. The Hall–Kier alpha value is -2.54. The van der Waals surface area contributed by atoms with Crippen molar-refractivity contribution < 1.29 is 9.53 Å². The van der Waals surface area contributed by atoms with E-state index in [1.165, 1.54) is 17.5 Å². The van der Waals surface area contributed by atoms with E-state index in [0.717, 1.165) is 23.5 Å². The zero-order chi connectivity index (χ0) is 17.7. The van der Waals surface area contributed by atoms with E-state index in [1.54, 1.807) is 5.51 Å². The van der Waals surface area contributed by atoms with Crippen LogP contribution in [0.2, 0.25) is 0 Å². The average molecular weight is 356 g/mol. The van der Waals surface area contributed by atoms with Gasteiger partial charge in [0.1, 0.15) is 17.3 Å². The second-order valence-corrected chi connectivity index (χ2v) is 6.97. The molecule has 1 atom stereocenters. The van der Waals surface area contributed by atoms with Gasteiger partial charge in [0, 0.05) is 24.2 Å². The van der Waals surface area contributed by atoms with Crippen molar-refractivity contribution >= 4 is 23.1 Å². The van der Waals surface area contributed by atoms with Crippen LogP contribution in [0.25, 0.3) is 0 Å². The van der Waals surface area contributed by atoms with Crippen molar-refractivity contribution in [3.05, 3.63) is 58.4 Å². The molecule has 130 valence electrons. The van der Waals surface area contributed by atoms with Gasteiger partial charge in [-0.05, 0) is 25.5 Å². The first kappa shape index (κ1) is 17.3. The molecule has 0 aromatic carbocycles. The van der Waals surface area contributed by atoms with Crippen LogP contribution in [0.3, 0.4) is 0 Å². The molecular formula is C18H20N4O2S. The first-order valence-electron chi connectivity index (χ1n) is 8.04. The number of hydrogen-bond acceptors (Lipinski definition) is 7. The molecule has 1 aliphatic rings. The van der Waals surface area contributed by atoms with Crippen molar-refractivity contribution in [2.75, 3.05) is 13.2 Å². The fourth-order valence-corrected chi connectivity index (χ4v) is 3.34. The topological polar surface area (TPSA) is 76.5 Å². The molecule has 6 nitrogen and oxygen atoms in total. The maximum atomic E-state index is 11.8. The lowest BCUT2D eigenvalue weighted by atomic mass is 9.79. The van der Waals surface area contributed by atoms with Gasteiger partial charge in [0.25, 0.3) is 0 Å². The van der Waals surface area contributed by atoms with E-state index in [4.69, 9.17) is 4.74 Å². The predicted octanol–water partition coefficient (Wildman–Crippen LogP) is 2.87. The Morgan fingerprint density at radius 1 is 1.48 bits per heavy atom. The Kier molecular flexibility index (Phi) is 5.23. The lowest BCUT2D eigenvalue weighted by Gasteiger charge is -2.30. The second kappa shape index (κ2) is 7.57. The van der Waals surface area contributed by atoms with Crippen LogP contribution in [0.5, 0.6) is 0 Å². The van der Waals surface area contributed by atoms with E-state index < -0.39 is 0 Å².